The van der Waals surface area contributed by atoms with Gasteiger partial charge in [0.15, 0.2) is 0 Å². The van der Waals surface area contributed by atoms with E-state index >= 15 is 0 Å². The normalized spacial score (nSPS) is 10.5. The summed E-state index contributed by atoms with van der Waals surface area (Å²) in [5.41, 5.74) is 2.39. The smallest absolute Gasteiger partial charge is 0.120 e. The van der Waals surface area contributed by atoms with E-state index in [1.54, 1.807) is 6.20 Å². The Balaban J connectivity index is 2.02. The summed E-state index contributed by atoms with van der Waals surface area (Å²) in [5, 5.41) is 0. The topological polar surface area (TPSA) is 22.1 Å². The number of pyridine rings is 1. The van der Waals surface area contributed by atoms with Gasteiger partial charge in [-0.1, -0.05) is 32.0 Å². The van der Waals surface area contributed by atoms with Crippen molar-refractivity contribution in [3.8, 4) is 5.75 Å². The molecule has 1 aromatic heterocycles. The van der Waals surface area contributed by atoms with Gasteiger partial charge in [-0.05, 0) is 29.7 Å². The van der Waals surface area contributed by atoms with Crippen LogP contribution < -0.4 is 4.74 Å². The maximum Gasteiger partial charge on any atom is 0.120 e. The van der Waals surface area contributed by atoms with Crippen molar-refractivity contribution in [2.75, 3.05) is 0 Å². The molecule has 0 spiro atoms. The molecule has 0 radical (unpaired) electrons. The molecule has 0 aliphatic carbocycles. The fraction of sp³-hybridized carbons (Fsp3) is 0.267. The predicted octanol–water partition coefficient (Wildman–Crippen LogP) is 3.78. The first-order valence-corrected chi connectivity index (χ1v) is 5.87. The highest BCUT2D eigenvalue weighted by atomic mass is 16.5. The quantitative estimate of drug-likeness (QED) is 0.793. The van der Waals surface area contributed by atoms with Crippen molar-refractivity contribution in [2.45, 2.75) is 26.4 Å². The van der Waals surface area contributed by atoms with Gasteiger partial charge in [0.05, 0.1) is 0 Å². The summed E-state index contributed by atoms with van der Waals surface area (Å²) in [6, 6.07) is 12.2. The molecule has 0 amide bonds. The summed E-state index contributed by atoms with van der Waals surface area (Å²) >= 11 is 0. The zero-order chi connectivity index (χ0) is 12.1. The Bertz CT molecular complexity index is 465. The zero-order valence-corrected chi connectivity index (χ0v) is 10.3. The highest BCUT2D eigenvalue weighted by Gasteiger charge is 2.01. The average molecular weight is 227 g/mol. The maximum absolute atomic E-state index is 5.74. The Morgan fingerprint density at radius 2 is 2.06 bits per heavy atom. The molecule has 0 bridgehead atoms. The van der Waals surface area contributed by atoms with Crippen LogP contribution in [0.15, 0.2) is 48.8 Å². The van der Waals surface area contributed by atoms with Crippen LogP contribution in [-0.2, 0) is 6.61 Å². The van der Waals surface area contributed by atoms with Crippen LogP contribution in [0.4, 0.5) is 0 Å². The van der Waals surface area contributed by atoms with Gasteiger partial charge in [0.25, 0.3) is 0 Å². The van der Waals surface area contributed by atoms with Gasteiger partial charge in [-0.25, -0.2) is 0 Å². The third kappa shape index (κ3) is 3.31. The number of aromatic nitrogens is 1. The lowest BCUT2D eigenvalue weighted by atomic mass is 10.0. The number of nitrogens with zero attached hydrogens (tertiary/aromatic N) is 1. The zero-order valence-electron chi connectivity index (χ0n) is 10.3. The van der Waals surface area contributed by atoms with Crippen LogP contribution in [0.5, 0.6) is 5.75 Å². The summed E-state index contributed by atoms with van der Waals surface area (Å²) < 4.78 is 5.74. The van der Waals surface area contributed by atoms with Crippen molar-refractivity contribution in [3.63, 3.8) is 0 Å². The molecule has 0 unspecified atom stereocenters. The Morgan fingerprint density at radius 3 is 2.76 bits per heavy atom. The van der Waals surface area contributed by atoms with Crippen molar-refractivity contribution < 1.29 is 4.74 Å². The Morgan fingerprint density at radius 1 is 1.18 bits per heavy atom. The summed E-state index contributed by atoms with van der Waals surface area (Å²) in [6.07, 6.45) is 3.59. The van der Waals surface area contributed by atoms with Crippen LogP contribution in [0.3, 0.4) is 0 Å². The molecule has 0 N–H and O–H groups in total. The molecular formula is C15H17NO. The molecule has 0 aliphatic rings. The summed E-state index contributed by atoms with van der Waals surface area (Å²) in [4.78, 5) is 4.06. The number of hydrogen-bond acceptors (Lipinski definition) is 2. The fourth-order valence-electron chi connectivity index (χ4n) is 1.61. The molecule has 17 heavy (non-hydrogen) atoms. The first-order chi connectivity index (χ1) is 8.25. The number of rotatable bonds is 4. The van der Waals surface area contributed by atoms with Crippen molar-refractivity contribution in [1.29, 1.82) is 0 Å². The number of benzene rings is 1. The van der Waals surface area contributed by atoms with E-state index < -0.39 is 0 Å². The standard InChI is InChI=1S/C15H17NO/c1-12(2)14-6-3-7-15(9-14)17-11-13-5-4-8-16-10-13/h3-10,12H,11H2,1-2H3. The van der Waals surface area contributed by atoms with Crippen molar-refractivity contribution >= 4 is 0 Å². The van der Waals surface area contributed by atoms with Crippen LogP contribution >= 0.6 is 0 Å². The highest BCUT2D eigenvalue weighted by Crippen LogP contribution is 2.20. The lowest BCUT2D eigenvalue weighted by molar-refractivity contribution is 0.305. The van der Waals surface area contributed by atoms with Gasteiger partial charge >= 0.3 is 0 Å². The van der Waals surface area contributed by atoms with Gasteiger partial charge in [-0.15, -0.1) is 0 Å². The van der Waals surface area contributed by atoms with E-state index in [4.69, 9.17) is 4.74 Å². The van der Waals surface area contributed by atoms with Crippen LogP contribution in [0, 0.1) is 0 Å². The minimum Gasteiger partial charge on any atom is -0.489 e. The molecule has 2 heteroatoms. The predicted molar refractivity (Wildman–Crippen MR) is 69.1 cm³/mol. The molecule has 2 nitrogen and oxygen atoms in total. The molecule has 1 heterocycles. The summed E-state index contributed by atoms with van der Waals surface area (Å²) in [6.45, 7) is 4.93. The fourth-order valence-corrected chi connectivity index (χ4v) is 1.61. The Labute approximate surface area is 102 Å². The van der Waals surface area contributed by atoms with Gasteiger partial charge in [0.2, 0.25) is 0 Å². The molecule has 0 fully saturated rings. The van der Waals surface area contributed by atoms with Crippen LogP contribution in [-0.4, -0.2) is 4.98 Å². The van der Waals surface area contributed by atoms with Gasteiger partial charge in [0, 0.05) is 18.0 Å². The van der Waals surface area contributed by atoms with Gasteiger partial charge in [0.1, 0.15) is 12.4 Å². The van der Waals surface area contributed by atoms with Crippen molar-refractivity contribution in [1.82, 2.24) is 4.98 Å². The molecule has 1 aromatic carbocycles. The molecule has 2 rings (SSSR count). The minimum absolute atomic E-state index is 0.525. The SMILES string of the molecule is CC(C)c1cccc(OCc2cccnc2)c1. The average Bonchev–Trinajstić information content (AvgIpc) is 2.38. The summed E-state index contributed by atoms with van der Waals surface area (Å²) in [7, 11) is 0. The van der Waals surface area contributed by atoms with E-state index in [2.05, 4.69) is 31.0 Å². The van der Waals surface area contributed by atoms with Crippen LogP contribution in [0.1, 0.15) is 30.9 Å². The lowest BCUT2D eigenvalue weighted by Crippen LogP contribution is -1.96. The van der Waals surface area contributed by atoms with Crippen LogP contribution in [0.2, 0.25) is 0 Å². The first kappa shape index (κ1) is 11.6. The Hall–Kier alpha value is -1.83. The first-order valence-electron chi connectivity index (χ1n) is 5.87. The van der Waals surface area contributed by atoms with Gasteiger partial charge in [-0.3, -0.25) is 4.98 Å². The molecule has 2 aromatic rings. The van der Waals surface area contributed by atoms with E-state index in [0.717, 1.165) is 11.3 Å². The molecule has 0 saturated carbocycles. The third-order valence-corrected chi connectivity index (χ3v) is 2.65. The third-order valence-electron chi connectivity index (χ3n) is 2.65. The lowest BCUT2D eigenvalue weighted by Gasteiger charge is -2.09. The number of hydrogen-bond donors (Lipinski definition) is 0. The van der Waals surface area contributed by atoms with E-state index in [0.29, 0.717) is 12.5 Å². The van der Waals surface area contributed by atoms with E-state index in [1.807, 2.05) is 30.5 Å². The van der Waals surface area contributed by atoms with Crippen molar-refractivity contribution in [2.24, 2.45) is 0 Å². The van der Waals surface area contributed by atoms with Crippen molar-refractivity contribution in [3.05, 3.63) is 59.9 Å². The second-order valence-corrected chi connectivity index (χ2v) is 4.38. The second kappa shape index (κ2) is 5.48. The van der Waals surface area contributed by atoms with E-state index in [9.17, 15) is 0 Å². The molecular weight excluding hydrogens is 210 g/mol. The molecule has 0 saturated heterocycles. The minimum atomic E-state index is 0.525. The number of ether oxygens (including phenoxy) is 1. The monoisotopic (exact) mass is 227 g/mol. The van der Waals surface area contributed by atoms with Crippen LogP contribution in [0.25, 0.3) is 0 Å². The molecule has 0 atom stereocenters. The highest BCUT2D eigenvalue weighted by molar-refractivity contribution is 5.30. The molecule has 0 aliphatic heterocycles. The molecule has 88 valence electrons. The summed E-state index contributed by atoms with van der Waals surface area (Å²) in [5.74, 6) is 1.44. The Kier molecular flexibility index (Phi) is 3.76. The second-order valence-electron chi connectivity index (χ2n) is 4.38. The van der Waals surface area contributed by atoms with Gasteiger partial charge < -0.3 is 4.74 Å². The van der Waals surface area contributed by atoms with Gasteiger partial charge in [-0.2, -0.15) is 0 Å². The van der Waals surface area contributed by atoms with E-state index in [1.165, 1.54) is 5.56 Å². The van der Waals surface area contributed by atoms with E-state index in [-0.39, 0.29) is 0 Å². The maximum atomic E-state index is 5.74. The largest absolute Gasteiger partial charge is 0.489 e.